The number of carbonyl (C=O) groups excluding carboxylic acids is 1. The first-order valence-corrected chi connectivity index (χ1v) is 5.90. The molecule has 1 aromatic carbocycles. The van der Waals surface area contributed by atoms with Crippen LogP contribution in [-0.4, -0.2) is 16.9 Å². The molecular weight excluding hydrogens is 306 g/mol. The Labute approximate surface area is 112 Å². The molecule has 0 heterocycles. The number of nitrogens with zero attached hydrogens (tertiary/aromatic N) is 1. The van der Waals surface area contributed by atoms with Gasteiger partial charge >= 0.3 is 0 Å². The van der Waals surface area contributed by atoms with E-state index in [0.717, 1.165) is 0 Å². The third-order valence-electron chi connectivity index (χ3n) is 2.20. The number of non-ortho nitro benzene ring substituents is 1. The lowest BCUT2D eigenvalue weighted by atomic mass is 10.2. The molecule has 1 atom stereocenters. The summed E-state index contributed by atoms with van der Waals surface area (Å²) in [6, 6.07) is 4.07. The summed E-state index contributed by atoms with van der Waals surface area (Å²) in [6.45, 7) is 1.74. The van der Waals surface area contributed by atoms with Gasteiger partial charge in [0.2, 0.25) is 0 Å². The van der Waals surface area contributed by atoms with Gasteiger partial charge in [-0.3, -0.25) is 20.3 Å². The largest absolute Gasteiger partial charge is 0.479 e. The number of ether oxygens (including phenoxy) is 1. The Bertz CT molecular complexity index is 466. The molecule has 0 aliphatic heterocycles. The Morgan fingerprint density at radius 3 is 2.83 bits per heavy atom. The van der Waals surface area contributed by atoms with Gasteiger partial charge in [0.15, 0.2) is 6.10 Å². The van der Waals surface area contributed by atoms with E-state index < -0.39 is 16.9 Å². The SMILES string of the molecule is CCC(Oc1cc([N+](=O)[O-])ccc1Br)C(=O)NN. The summed E-state index contributed by atoms with van der Waals surface area (Å²) < 4.78 is 5.92. The monoisotopic (exact) mass is 317 g/mol. The van der Waals surface area contributed by atoms with E-state index in [9.17, 15) is 14.9 Å². The van der Waals surface area contributed by atoms with Crippen LogP contribution in [0.2, 0.25) is 0 Å². The molecule has 0 aliphatic carbocycles. The summed E-state index contributed by atoms with van der Waals surface area (Å²) in [5, 5.41) is 10.6. The fourth-order valence-electron chi connectivity index (χ4n) is 1.26. The van der Waals surface area contributed by atoms with E-state index in [4.69, 9.17) is 10.6 Å². The molecule has 0 aromatic heterocycles. The summed E-state index contributed by atoms with van der Waals surface area (Å²) in [4.78, 5) is 21.5. The van der Waals surface area contributed by atoms with Crippen molar-refractivity contribution in [1.82, 2.24) is 5.43 Å². The van der Waals surface area contributed by atoms with Gasteiger partial charge < -0.3 is 4.74 Å². The maximum atomic E-state index is 11.4. The molecule has 0 fully saturated rings. The standard InChI is InChI=1S/C10H12BrN3O4/c1-2-8(10(15)13-12)18-9-5-6(14(16)17)3-4-7(9)11/h3-5,8H,2,12H2,1H3,(H,13,15). The second-order valence-corrected chi connectivity index (χ2v) is 4.25. The topological polar surface area (TPSA) is 107 Å². The number of rotatable bonds is 5. The summed E-state index contributed by atoms with van der Waals surface area (Å²) in [5.74, 6) is 4.75. The van der Waals surface area contributed by atoms with Crippen LogP contribution in [0.25, 0.3) is 0 Å². The zero-order chi connectivity index (χ0) is 13.7. The predicted octanol–water partition coefficient (Wildman–Crippen LogP) is 1.50. The molecule has 0 aliphatic rings. The lowest BCUT2D eigenvalue weighted by molar-refractivity contribution is -0.385. The van der Waals surface area contributed by atoms with Crippen LogP contribution in [0.15, 0.2) is 22.7 Å². The number of nitro benzene ring substituents is 1. The van der Waals surface area contributed by atoms with Crippen LogP contribution in [0.5, 0.6) is 5.75 Å². The van der Waals surface area contributed by atoms with Gasteiger partial charge in [0, 0.05) is 6.07 Å². The molecule has 0 bridgehead atoms. The Hall–Kier alpha value is -1.67. The number of nitrogens with two attached hydrogens (primary N) is 1. The highest BCUT2D eigenvalue weighted by Crippen LogP contribution is 2.30. The zero-order valence-electron chi connectivity index (χ0n) is 9.55. The second kappa shape index (κ2) is 6.31. The molecule has 1 aromatic rings. The molecule has 1 amide bonds. The number of nitro groups is 1. The van der Waals surface area contributed by atoms with Crippen LogP contribution in [0, 0.1) is 10.1 Å². The molecule has 1 unspecified atom stereocenters. The Balaban J connectivity index is 2.98. The second-order valence-electron chi connectivity index (χ2n) is 3.40. The van der Waals surface area contributed by atoms with E-state index in [0.29, 0.717) is 10.9 Å². The molecule has 0 saturated carbocycles. The van der Waals surface area contributed by atoms with Crippen molar-refractivity contribution >= 4 is 27.5 Å². The minimum atomic E-state index is -0.798. The third-order valence-corrected chi connectivity index (χ3v) is 2.86. The number of nitrogens with one attached hydrogen (secondary N) is 1. The Morgan fingerprint density at radius 2 is 2.33 bits per heavy atom. The van der Waals surface area contributed by atoms with Crippen molar-refractivity contribution < 1.29 is 14.5 Å². The summed E-state index contributed by atoms with van der Waals surface area (Å²) in [7, 11) is 0. The minimum absolute atomic E-state index is 0.115. The lowest BCUT2D eigenvalue weighted by Gasteiger charge is -2.16. The van der Waals surface area contributed by atoms with E-state index in [1.54, 1.807) is 6.92 Å². The summed E-state index contributed by atoms with van der Waals surface area (Å²) in [5.41, 5.74) is 1.87. The normalized spacial score (nSPS) is 11.7. The average molecular weight is 318 g/mol. The van der Waals surface area contributed by atoms with Crippen LogP contribution < -0.4 is 16.0 Å². The molecule has 18 heavy (non-hydrogen) atoms. The number of hydrogen-bond donors (Lipinski definition) is 2. The van der Waals surface area contributed by atoms with Crippen molar-refractivity contribution in [2.45, 2.75) is 19.4 Å². The first-order valence-electron chi connectivity index (χ1n) is 5.10. The number of carbonyl (C=O) groups is 1. The molecule has 0 saturated heterocycles. The van der Waals surface area contributed by atoms with Crippen LogP contribution in [0.4, 0.5) is 5.69 Å². The van der Waals surface area contributed by atoms with Crippen LogP contribution in [0.3, 0.4) is 0 Å². The number of hydrazine groups is 1. The van der Waals surface area contributed by atoms with Gasteiger partial charge in [0.25, 0.3) is 11.6 Å². The van der Waals surface area contributed by atoms with Crippen LogP contribution in [-0.2, 0) is 4.79 Å². The van der Waals surface area contributed by atoms with E-state index in [2.05, 4.69) is 15.9 Å². The Morgan fingerprint density at radius 1 is 1.67 bits per heavy atom. The van der Waals surface area contributed by atoms with Crippen LogP contribution >= 0.6 is 15.9 Å². The zero-order valence-corrected chi connectivity index (χ0v) is 11.1. The van der Waals surface area contributed by atoms with Gasteiger partial charge in [-0.15, -0.1) is 0 Å². The molecule has 3 N–H and O–H groups in total. The highest BCUT2D eigenvalue weighted by Gasteiger charge is 2.20. The Kier molecular flexibility index (Phi) is 5.05. The number of halogens is 1. The van der Waals surface area contributed by atoms with Gasteiger partial charge in [0.05, 0.1) is 15.5 Å². The van der Waals surface area contributed by atoms with E-state index in [1.165, 1.54) is 18.2 Å². The highest BCUT2D eigenvalue weighted by molar-refractivity contribution is 9.10. The minimum Gasteiger partial charge on any atom is -0.479 e. The number of amides is 1. The maximum absolute atomic E-state index is 11.4. The number of hydrogen-bond acceptors (Lipinski definition) is 5. The van der Waals surface area contributed by atoms with Crippen molar-refractivity contribution in [3.8, 4) is 5.75 Å². The summed E-state index contributed by atoms with van der Waals surface area (Å²) in [6.07, 6.45) is -0.411. The smallest absolute Gasteiger partial charge is 0.274 e. The quantitative estimate of drug-likeness (QED) is 0.370. The van der Waals surface area contributed by atoms with E-state index in [-0.39, 0.29) is 11.4 Å². The highest BCUT2D eigenvalue weighted by atomic mass is 79.9. The van der Waals surface area contributed by atoms with Gasteiger partial charge in [0.1, 0.15) is 5.75 Å². The van der Waals surface area contributed by atoms with E-state index >= 15 is 0 Å². The maximum Gasteiger partial charge on any atom is 0.274 e. The summed E-state index contributed by atoms with van der Waals surface area (Å²) >= 11 is 3.20. The predicted molar refractivity (Wildman–Crippen MR) is 67.8 cm³/mol. The first-order chi connectivity index (χ1) is 8.49. The first kappa shape index (κ1) is 14.4. The van der Waals surface area contributed by atoms with Gasteiger partial charge in [-0.2, -0.15) is 0 Å². The van der Waals surface area contributed by atoms with Gasteiger partial charge in [-0.25, -0.2) is 5.84 Å². The van der Waals surface area contributed by atoms with Crippen molar-refractivity contribution in [3.05, 3.63) is 32.8 Å². The molecule has 7 nitrogen and oxygen atoms in total. The average Bonchev–Trinajstić information content (AvgIpc) is 2.36. The van der Waals surface area contributed by atoms with Gasteiger partial charge in [-0.1, -0.05) is 6.92 Å². The molecule has 0 spiro atoms. The lowest BCUT2D eigenvalue weighted by Crippen LogP contribution is -2.41. The molecule has 0 radical (unpaired) electrons. The number of benzene rings is 1. The van der Waals surface area contributed by atoms with Gasteiger partial charge in [-0.05, 0) is 28.4 Å². The molecular formula is C10H12BrN3O4. The van der Waals surface area contributed by atoms with Crippen molar-refractivity contribution in [2.75, 3.05) is 0 Å². The molecule has 98 valence electrons. The molecule has 1 rings (SSSR count). The van der Waals surface area contributed by atoms with Crippen molar-refractivity contribution in [3.63, 3.8) is 0 Å². The fraction of sp³-hybridized carbons (Fsp3) is 0.300. The van der Waals surface area contributed by atoms with Crippen molar-refractivity contribution in [1.29, 1.82) is 0 Å². The van der Waals surface area contributed by atoms with Crippen molar-refractivity contribution in [2.24, 2.45) is 5.84 Å². The fourth-order valence-corrected chi connectivity index (χ4v) is 1.60. The third kappa shape index (κ3) is 3.41. The molecule has 8 heteroatoms. The van der Waals surface area contributed by atoms with Crippen LogP contribution in [0.1, 0.15) is 13.3 Å². The van der Waals surface area contributed by atoms with E-state index in [1.807, 2.05) is 5.43 Å².